The minimum Gasteiger partial charge on any atom is -0.508 e. The van der Waals surface area contributed by atoms with Gasteiger partial charge in [-0.15, -0.1) is 11.3 Å². The molecule has 2 aromatic carbocycles. The number of thiophene rings is 1. The third-order valence-electron chi connectivity index (χ3n) is 5.44. The highest BCUT2D eigenvalue weighted by Crippen LogP contribution is 2.27. The van der Waals surface area contributed by atoms with Gasteiger partial charge in [0, 0.05) is 18.0 Å². The Balaban J connectivity index is 1.39. The van der Waals surface area contributed by atoms with E-state index in [0.717, 1.165) is 35.5 Å². The lowest BCUT2D eigenvalue weighted by molar-refractivity contribution is -0.122. The second-order valence-electron chi connectivity index (χ2n) is 7.69. The van der Waals surface area contributed by atoms with Crippen LogP contribution in [0.5, 0.6) is 5.75 Å². The van der Waals surface area contributed by atoms with E-state index in [-0.39, 0.29) is 17.7 Å². The fourth-order valence-corrected chi connectivity index (χ4v) is 4.54. The number of phenolic OH excluding ortho intramolecular Hbond substituents is 1. The lowest BCUT2D eigenvalue weighted by Gasteiger charge is -2.27. The number of carbonyl (C=O) groups is 1. The predicted molar refractivity (Wildman–Crippen MR) is 123 cm³/mol. The van der Waals surface area contributed by atoms with Crippen LogP contribution in [-0.2, 0) is 4.79 Å². The average molecular weight is 419 g/mol. The van der Waals surface area contributed by atoms with Crippen molar-refractivity contribution in [2.75, 3.05) is 19.6 Å². The molecule has 1 aliphatic rings. The molecule has 2 N–H and O–H groups in total. The van der Waals surface area contributed by atoms with Crippen LogP contribution in [0.15, 0.2) is 72.1 Å². The van der Waals surface area contributed by atoms with Crippen LogP contribution in [0.4, 0.5) is 0 Å². The quantitative estimate of drug-likeness (QED) is 0.607. The molecule has 30 heavy (non-hydrogen) atoms. The molecule has 1 atom stereocenters. The Morgan fingerprint density at radius 2 is 1.90 bits per heavy atom. The Labute approximate surface area is 181 Å². The van der Waals surface area contributed by atoms with E-state index in [1.54, 1.807) is 23.5 Å². The Hall–Kier alpha value is -2.89. The van der Waals surface area contributed by atoms with Crippen LogP contribution in [-0.4, -0.2) is 35.5 Å². The standard InChI is InChI=1S/C25H26N2O2S/c1-18-4-6-21(7-5-18)25(23-3-2-16-30-23)26-24(29)17-27-14-12-20(13-15-27)19-8-10-22(28)11-9-19/h2-12,16,25,28H,13-15,17H2,1H3,(H,26,29). The largest absolute Gasteiger partial charge is 0.508 e. The van der Waals surface area contributed by atoms with E-state index < -0.39 is 0 Å². The number of nitrogens with zero attached hydrogens (tertiary/aromatic N) is 1. The molecule has 4 nitrogen and oxygen atoms in total. The number of benzene rings is 2. The highest BCUT2D eigenvalue weighted by atomic mass is 32.1. The minimum atomic E-state index is -0.119. The summed E-state index contributed by atoms with van der Waals surface area (Å²) in [5.41, 5.74) is 4.71. The number of phenols is 1. The van der Waals surface area contributed by atoms with E-state index in [1.165, 1.54) is 11.1 Å². The molecular formula is C25H26N2O2S. The second-order valence-corrected chi connectivity index (χ2v) is 8.67. The first-order valence-corrected chi connectivity index (χ1v) is 11.1. The van der Waals surface area contributed by atoms with Crippen molar-refractivity contribution in [2.45, 2.75) is 19.4 Å². The van der Waals surface area contributed by atoms with Crippen LogP contribution in [0.3, 0.4) is 0 Å². The van der Waals surface area contributed by atoms with E-state index in [4.69, 9.17) is 0 Å². The summed E-state index contributed by atoms with van der Waals surface area (Å²) in [6.07, 6.45) is 3.07. The van der Waals surface area contributed by atoms with Crippen LogP contribution in [0.25, 0.3) is 5.57 Å². The van der Waals surface area contributed by atoms with Gasteiger partial charge in [0.25, 0.3) is 0 Å². The predicted octanol–water partition coefficient (Wildman–Crippen LogP) is 4.76. The minimum absolute atomic E-state index is 0.0375. The van der Waals surface area contributed by atoms with Crippen molar-refractivity contribution < 1.29 is 9.90 Å². The first-order chi connectivity index (χ1) is 14.6. The van der Waals surface area contributed by atoms with Gasteiger partial charge in [0.15, 0.2) is 0 Å². The van der Waals surface area contributed by atoms with Gasteiger partial charge in [-0.05, 0) is 53.6 Å². The monoisotopic (exact) mass is 418 g/mol. The molecule has 1 aromatic heterocycles. The molecule has 0 radical (unpaired) electrons. The molecule has 1 aliphatic heterocycles. The Kier molecular flexibility index (Phi) is 6.31. The summed E-state index contributed by atoms with van der Waals surface area (Å²) in [6.45, 7) is 4.04. The van der Waals surface area contributed by atoms with E-state index >= 15 is 0 Å². The molecule has 0 bridgehead atoms. The van der Waals surface area contributed by atoms with Crippen molar-refractivity contribution in [1.29, 1.82) is 0 Å². The van der Waals surface area contributed by atoms with Gasteiger partial charge >= 0.3 is 0 Å². The average Bonchev–Trinajstić information content (AvgIpc) is 3.29. The van der Waals surface area contributed by atoms with Gasteiger partial charge in [0.2, 0.25) is 5.91 Å². The van der Waals surface area contributed by atoms with E-state index in [2.05, 4.69) is 53.5 Å². The van der Waals surface area contributed by atoms with Crippen LogP contribution < -0.4 is 5.32 Å². The number of rotatable bonds is 6. The van der Waals surface area contributed by atoms with Crippen LogP contribution in [0.2, 0.25) is 0 Å². The van der Waals surface area contributed by atoms with E-state index in [9.17, 15) is 9.90 Å². The summed E-state index contributed by atoms with van der Waals surface area (Å²) >= 11 is 1.66. The number of nitrogens with one attached hydrogen (secondary N) is 1. The molecule has 2 heterocycles. The summed E-state index contributed by atoms with van der Waals surface area (Å²) in [7, 11) is 0. The van der Waals surface area contributed by atoms with Crippen molar-refractivity contribution in [3.63, 3.8) is 0 Å². The molecule has 0 saturated carbocycles. The summed E-state index contributed by atoms with van der Waals surface area (Å²) in [4.78, 5) is 16.2. The maximum absolute atomic E-state index is 12.8. The fraction of sp³-hybridized carbons (Fsp3) is 0.240. The molecule has 0 aliphatic carbocycles. The molecule has 0 fully saturated rings. The molecule has 1 amide bonds. The maximum Gasteiger partial charge on any atom is 0.234 e. The van der Waals surface area contributed by atoms with E-state index in [1.807, 2.05) is 23.6 Å². The van der Waals surface area contributed by atoms with Gasteiger partial charge in [-0.3, -0.25) is 9.69 Å². The normalized spacial score (nSPS) is 15.4. The lowest BCUT2D eigenvalue weighted by atomic mass is 9.99. The van der Waals surface area contributed by atoms with E-state index in [0.29, 0.717) is 6.54 Å². The second kappa shape index (κ2) is 9.28. The zero-order chi connectivity index (χ0) is 20.9. The molecule has 0 spiro atoms. The van der Waals surface area contributed by atoms with Gasteiger partial charge in [-0.25, -0.2) is 0 Å². The Morgan fingerprint density at radius 3 is 2.53 bits per heavy atom. The lowest BCUT2D eigenvalue weighted by Crippen LogP contribution is -2.40. The maximum atomic E-state index is 12.8. The molecule has 154 valence electrons. The number of amides is 1. The summed E-state index contributed by atoms with van der Waals surface area (Å²) in [5, 5.41) is 14.7. The molecule has 4 rings (SSSR count). The number of carbonyl (C=O) groups excluding carboxylic acids is 1. The summed E-state index contributed by atoms with van der Waals surface area (Å²) in [6, 6.07) is 19.6. The van der Waals surface area contributed by atoms with Crippen molar-refractivity contribution >= 4 is 22.8 Å². The SMILES string of the molecule is Cc1ccc(C(NC(=O)CN2CC=C(c3ccc(O)cc3)CC2)c2cccs2)cc1. The topological polar surface area (TPSA) is 52.6 Å². The molecular weight excluding hydrogens is 392 g/mol. The van der Waals surface area contributed by atoms with Gasteiger partial charge in [0.1, 0.15) is 5.75 Å². The van der Waals surface area contributed by atoms with Gasteiger partial charge in [-0.2, -0.15) is 0 Å². The Morgan fingerprint density at radius 1 is 1.13 bits per heavy atom. The first kappa shape index (κ1) is 20.4. The highest BCUT2D eigenvalue weighted by Gasteiger charge is 2.21. The van der Waals surface area contributed by atoms with Crippen LogP contribution in [0, 0.1) is 6.92 Å². The zero-order valence-electron chi connectivity index (χ0n) is 17.0. The van der Waals surface area contributed by atoms with Gasteiger partial charge in [-0.1, -0.05) is 54.1 Å². The van der Waals surface area contributed by atoms with Crippen molar-refractivity contribution in [3.05, 3.63) is 93.7 Å². The number of aryl methyl sites for hydroxylation is 1. The number of hydrogen-bond donors (Lipinski definition) is 2. The molecule has 5 heteroatoms. The Bertz CT molecular complexity index is 1010. The molecule has 1 unspecified atom stereocenters. The molecule has 3 aromatic rings. The summed E-state index contributed by atoms with van der Waals surface area (Å²) < 4.78 is 0. The third-order valence-corrected chi connectivity index (χ3v) is 6.38. The third kappa shape index (κ3) is 4.99. The molecule has 0 saturated heterocycles. The summed E-state index contributed by atoms with van der Waals surface area (Å²) in [5.74, 6) is 0.317. The number of aromatic hydroxyl groups is 1. The fourth-order valence-electron chi connectivity index (χ4n) is 3.74. The van der Waals surface area contributed by atoms with Crippen molar-refractivity contribution in [1.82, 2.24) is 10.2 Å². The highest BCUT2D eigenvalue weighted by molar-refractivity contribution is 7.10. The van der Waals surface area contributed by atoms with Crippen LogP contribution >= 0.6 is 11.3 Å². The number of hydrogen-bond acceptors (Lipinski definition) is 4. The van der Waals surface area contributed by atoms with Crippen molar-refractivity contribution in [2.24, 2.45) is 0 Å². The van der Waals surface area contributed by atoms with Gasteiger partial charge < -0.3 is 10.4 Å². The van der Waals surface area contributed by atoms with Gasteiger partial charge in [0.05, 0.1) is 12.6 Å². The smallest absolute Gasteiger partial charge is 0.234 e. The van der Waals surface area contributed by atoms with Crippen molar-refractivity contribution in [3.8, 4) is 5.75 Å². The van der Waals surface area contributed by atoms with Crippen LogP contribution in [0.1, 0.15) is 34.0 Å². The zero-order valence-corrected chi connectivity index (χ0v) is 17.9. The first-order valence-electron chi connectivity index (χ1n) is 10.2.